The first kappa shape index (κ1) is 20.6. The predicted molar refractivity (Wildman–Crippen MR) is 126 cm³/mol. The normalized spacial score (nSPS) is 15.2. The van der Waals surface area contributed by atoms with Crippen LogP contribution in [0.5, 0.6) is 0 Å². The van der Waals surface area contributed by atoms with Crippen LogP contribution < -0.4 is 5.01 Å². The summed E-state index contributed by atoms with van der Waals surface area (Å²) in [6.07, 6.45) is 2.84. The van der Waals surface area contributed by atoms with Gasteiger partial charge < -0.3 is 0 Å². The van der Waals surface area contributed by atoms with E-state index in [9.17, 15) is 4.39 Å². The largest absolute Gasteiger partial charge is 0.295 e. The van der Waals surface area contributed by atoms with Crippen LogP contribution in [0.4, 0.5) is 16.0 Å². The van der Waals surface area contributed by atoms with Crippen LogP contribution in [-0.4, -0.2) is 65.6 Å². The lowest BCUT2D eigenvalue weighted by Gasteiger charge is -2.41. The number of fused-ring (bicyclic) bond motifs is 2. The number of hydrazine groups is 1. The molecule has 0 spiro atoms. The van der Waals surface area contributed by atoms with Crippen LogP contribution >= 0.6 is 0 Å². The number of hydrogen-bond donors (Lipinski definition) is 0. The molecule has 1 aliphatic heterocycles. The highest BCUT2D eigenvalue weighted by atomic mass is 19.1. The molecule has 0 radical (unpaired) electrons. The Morgan fingerprint density at radius 1 is 0.824 bits per heavy atom. The molecular weight excluding hydrogens is 433 g/mol. The van der Waals surface area contributed by atoms with E-state index in [0.717, 1.165) is 36.2 Å². The molecule has 0 N–H and O–H groups in total. The van der Waals surface area contributed by atoms with Crippen molar-refractivity contribution < 1.29 is 4.39 Å². The number of benzene rings is 2. The first-order chi connectivity index (χ1) is 16.8. The SMILES string of the molecule is Fc1ccccc1N(c1ncnc2ncnn12)N1CCN(Cc2ccc3ccccc3n2)CC1. The molecule has 0 aliphatic carbocycles. The Kier molecular flexibility index (Phi) is 5.28. The van der Waals surface area contributed by atoms with Gasteiger partial charge in [-0.2, -0.15) is 24.6 Å². The summed E-state index contributed by atoms with van der Waals surface area (Å²) in [6, 6.07) is 19.0. The van der Waals surface area contributed by atoms with Gasteiger partial charge in [0, 0.05) is 38.1 Å². The Hall–Kier alpha value is -4.02. The Morgan fingerprint density at radius 2 is 1.62 bits per heavy atom. The highest BCUT2D eigenvalue weighted by Crippen LogP contribution is 2.29. The van der Waals surface area contributed by atoms with Gasteiger partial charge in [-0.25, -0.2) is 14.4 Å². The van der Waals surface area contributed by atoms with Gasteiger partial charge in [0.15, 0.2) is 0 Å². The summed E-state index contributed by atoms with van der Waals surface area (Å²) >= 11 is 0. The minimum absolute atomic E-state index is 0.336. The lowest BCUT2D eigenvalue weighted by molar-refractivity contribution is 0.124. The molecule has 0 bridgehead atoms. The van der Waals surface area contributed by atoms with Crippen molar-refractivity contribution in [2.75, 3.05) is 31.2 Å². The zero-order chi connectivity index (χ0) is 22.9. The lowest BCUT2D eigenvalue weighted by atomic mass is 10.2. The number of rotatable bonds is 5. The fourth-order valence-corrected chi connectivity index (χ4v) is 4.33. The maximum Gasteiger partial charge on any atom is 0.256 e. The van der Waals surface area contributed by atoms with Crippen LogP contribution in [-0.2, 0) is 6.54 Å². The molecular formula is C24H22FN9. The lowest BCUT2D eigenvalue weighted by Crippen LogP contribution is -2.53. The van der Waals surface area contributed by atoms with Gasteiger partial charge in [-0.1, -0.05) is 36.4 Å². The van der Waals surface area contributed by atoms with Crippen LogP contribution in [0.1, 0.15) is 5.69 Å². The zero-order valence-corrected chi connectivity index (χ0v) is 18.4. The van der Waals surface area contributed by atoms with E-state index in [1.54, 1.807) is 17.1 Å². The number of halogens is 1. The molecule has 0 unspecified atom stereocenters. The van der Waals surface area contributed by atoms with E-state index in [4.69, 9.17) is 4.98 Å². The molecule has 1 aliphatic rings. The van der Waals surface area contributed by atoms with Crippen LogP contribution in [0.3, 0.4) is 0 Å². The quantitative estimate of drug-likeness (QED) is 0.400. The summed E-state index contributed by atoms with van der Waals surface area (Å²) in [5, 5.41) is 9.27. The van der Waals surface area contributed by atoms with Crippen LogP contribution in [0.15, 0.2) is 73.3 Å². The Bertz CT molecular complexity index is 1440. The first-order valence-electron chi connectivity index (χ1n) is 11.1. The van der Waals surface area contributed by atoms with Gasteiger partial charge in [0.1, 0.15) is 18.5 Å². The van der Waals surface area contributed by atoms with E-state index in [2.05, 4.69) is 48.2 Å². The van der Waals surface area contributed by atoms with Crippen molar-refractivity contribution in [2.45, 2.75) is 6.54 Å². The minimum Gasteiger partial charge on any atom is -0.295 e. The summed E-state index contributed by atoms with van der Waals surface area (Å²) in [4.78, 5) is 19.9. The van der Waals surface area contributed by atoms with E-state index in [0.29, 0.717) is 30.5 Å². The maximum atomic E-state index is 14.9. The molecule has 6 rings (SSSR count). The number of aromatic nitrogens is 6. The second-order valence-corrected chi connectivity index (χ2v) is 8.13. The smallest absolute Gasteiger partial charge is 0.256 e. The predicted octanol–water partition coefficient (Wildman–Crippen LogP) is 3.08. The van der Waals surface area contributed by atoms with Gasteiger partial charge in [0.2, 0.25) is 0 Å². The van der Waals surface area contributed by atoms with Crippen LogP contribution in [0.25, 0.3) is 16.7 Å². The number of para-hydroxylation sites is 2. The number of hydrogen-bond acceptors (Lipinski definition) is 8. The third kappa shape index (κ3) is 3.82. The molecule has 170 valence electrons. The summed E-state index contributed by atoms with van der Waals surface area (Å²) in [5.74, 6) is 0.516. The van der Waals surface area contributed by atoms with Crippen molar-refractivity contribution in [3.63, 3.8) is 0 Å². The molecule has 9 nitrogen and oxygen atoms in total. The Labute approximate surface area is 195 Å². The fraction of sp³-hybridized carbons (Fsp3) is 0.208. The van der Waals surface area contributed by atoms with Crippen LogP contribution in [0, 0.1) is 5.82 Å². The van der Waals surface area contributed by atoms with Gasteiger partial charge in [-0.3, -0.25) is 9.88 Å². The average molecular weight is 456 g/mol. The summed E-state index contributed by atoms with van der Waals surface area (Å²) in [7, 11) is 0. The average Bonchev–Trinajstić information content (AvgIpc) is 3.36. The van der Waals surface area contributed by atoms with Gasteiger partial charge in [-0.05, 0) is 24.3 Å². The molecule has 0 amide bonds. The molecule has 2 aromatic carbocycles. The molecule has 5 aromatic rings. The third-order valence-corrected chi connectivity index (χ3v) is 6.01. The van der Waals surface area contributed by atoms with Crippen molar-refractivity contribution in [1.82, 2.24) is 39.5 Å². The molecule has 10 heteroatoms. The van der Waals surface area contributed by atoms with E-state index >= 15 is 0 Å². The zero-order valence-electron chi connectivity index (χ0n) is 18.4. The van der Waals surface area contributed by atoms with E-state index < -0.39 is 0 Å². The van der Waals surface area contributed by atoms with E-state index in [1.165, 1.54) is 23.2 Å². The molecule has 0 atom stereocenters. The molecule has 4 heterocycles. The second kappa shape index (κ2) is 8.73. The van der Waals surface area contributed by atoms with Crippen molar-refractivity contribution in [3.05, 3.63) is 84.8 Å². The van der Waals surface area contributed by atoms with Crippen molar-refractivity contribution in [1.29, 1.82) is 0 Å². The van der Waals surface area contributed by atoms with Crippen molar-refractivity contribution in [2.24, 2.45) is 0 Å². The molecule has 1 saturated heterocycles. The third-order valence-electron chi connectivity index (χ3n) is 6.01. The number of anilines is 2. The first-order valence-corrected chi connectivity index (χ1v) is 11.1. The summed E-state index contributed by atoms with van der Waals surface area (Å²) < 4.78 is 16.4. The Morgan fingerprint density at radius 3 is 2.50 bits per heavy atom. The fourth-order valence-electron chi connectivity index (χ4n) is 4.33. The highest BCUT2D eigenvalue weighted by molar-refractivity contribution is 5.78. The molecule has 34 heavy (non-hydrogen) atoms. The molecule has 0 saturated carbocycles. The van der Waals surface area contributed by atoms with Crippen molar-refractivity contribution >= 4 is 28.3 Å². The van der Waals surface area contributed by atoms with Crippen LogP contribution in [0.2, 0.25) is 0 Å². The number of piperazine rings is 1. The van der Waals surface area contributed by atoms with Gasteiger partial charge in [0.25, 0.3) is 11.7 Å². The van der Waals surface area contributed by atoms with Gasteiger partial charge in [0.05, 0.1) is 16.9 Å². The standard InChI is InChI=1S/C24H22FN9/c25-20-6-2-4-8-22(20)34(24-28-16-26-23-27-17-29-33(23)24)32-13-11-31(12-14-32)15-19-10-9-18-5-1-3-7-21(18)30-19/h1-10,16-17H,11-15H2. The molecule has 3 aromatic heterocycles. The highest BCUT2D eigenvalue weighted by Gasteiger charge is 2.28. The minimum atomic E-state index is -0.336. The van der Waals surface area contributed by atoms with Gasteiger partial charge >= 0.3 is 0 Å². The van der Waals surface area contributed by atoms with Crippen molar-refractivity contribution in [3.8, 4) is 0 Å². The molecule has 1 fully saturated rings. The van der Waals surface area contributed by atoms with E-state index in [-0.39, 0.29) is 5.82 Å². The monoisotopic (exact) mass is 455 g/mol. The summed E-state index contributed by atoms with van der Waals surface area (Å²) in [6.45, 7) is 3.72. The topological polar surface area (TPSA) is 78.6 Å². The van der Waals surface area contributed by atoms with E-state index in [1.807, 2.05) is 24.3 Å². The summed E-state index contributed by atoms with van der Waals surface area (Å²) in [5.41, 5.74) is 2.45. The second-order valence-electron chi connectivity index (χ2n) is 8.13. The Balaban J connectivity index is 1.25. The number of nitrogens with zero attached hydrogens (tertiary/aromatic N) is 9. The maximum absolute atomic E-state index is 14.9. The van der Waals surface area contributed by atoms with Gasteiger partial charge in [-0.15, -0.1) is 0 Å². The number of pyridine rings is 1.